The van der Waals surface area contributed by atoms with Crippen molar-refractivity contribution >= 4 is 6.08 Å². The van der Waals surface area contributed by atoms with Crippen LogP contribution in [0.15, 0.2) is 17.1 Å². The van der Waals surface area contributed by atoms with Crippen LogP contribution in [0.4, 0.5) is 0 Å². The van der Waals surface area contributed by atoms with Crippen molar-refractivity contribution in [3.8, 4) is 0 Å². The number of rotatable bonds is 4. The minimum Gasteiger partial charge on any atom is -0.381 e. The Bertz CT molecular complexity index is 213. The maximum absolute atomic E-state index is 9.85. The van der Waals surface area contributed by atoms with Crippen molar-refractivity contribution < 1.29 is 9.53 Å². The monoisotopic (exact) mass is 181 g/mol. The summed E-state index contributed by atoms with van der Waals surface area (Å²) in [5, 5.41) is 0. The molecule has 1 saturated heterocycles. The molecule has 0 bridgehead atoms. The smallest absolute Gasteiger partial charge is 0.235 e. The molecule has 0 spiro atoms. The highest BCUT2D eigenvalue weighted by Crippen LogP contribution is 2.21. The van der Waals surface area contributed by atoms with E-state index in [1.54, 1.807) is 0 Å². The number of nitrogens with zero attached hydrogens (tertiary/aromatic N) is 1. The summed E-state index contributed by atoms with van der Waals surface area (Å²) < 4.78 is 5.25. The Balaban J connectivity index is 2.21. The van der Waals surface area contributed by atoms with Crippen LogP contribution < -0.4 is 0 Å². The molecule has 3 heteroatoms. The molecule has 0 saturated carbocycles. The van der Waals surface area contributed by atoms with E-state index in [1.165, 1.54) is 6.08 Å². The molecule has 1 aliphatic heterocycles. The maximum Gasteiger partial charge on any atom is 0.235 e. The minimum atomic E-state index is 0.431. The Morgan fingerprint density at radius 2 is 2.23 bits per heavy atom. The lowest BCUT2D eigenvalue weighted by atomic mass is 9.93. The molecule has 0 unspecified atom stereocenters. The van der Waals surface area contributed by atoms with Crippen molar-refractivity contribution in [2.75, 3.05) is 19.8 Å². The predicted octanol–water partition coefficient (Wildman–Crippen LogP) is 1.70. The zero-order valence-electron chi connectivity index (χ0n) is 7.79. The highest BCUT2D eigenvalue weighted by atomic mass is 16.5. The van der Waals surface area contributed by atoms with E-state index in [9.17, 15) is 4.79 Å². The second-order valence-corrected chi connectivity index (χ2v) is 3.42. The van der Waals surface area contributed by atoms with Gasteiger partial charge in [-0.25, -0.2) is 9.79 Å². The highest BCUT2D eigenvalue weighted by Gasteiger charge is 2.14. The summed E-state index contributed by atoms with van der Waals surface area (Å²) in [4.78, 5) is 13.3. The van der Waals surface area contributed by atoms with Crippen molar-refractivity contribution in [3.63, 3.8) is 0 Å². The van der Waals surface area contributed by atoms with Crippen molar-refractivity contribution in [1.29, 1.82) is 0 Å². The lowest BCUT2D eigenvalue weighted by Gasteiger charge is -2.22. The summed E-state index contributed by atoms with van der Waals surface area (Å²) in [5.74, 6) is 0.670. The van der Waals surface area contributed by atoms with Crippen LogP contribution in [0.5, 0.6) is 0 Å². The average molecular weight is 181 g/mol. The van der Waals surface area contributed by atoms with E-state index >= 15 is 0 Å². The van der Waals surface area contributed by atoms with Crippen LogP contribution in [0.1, 0.15) is 19.3 Å². The van der Waals surface area contributed by atoms with E-state index in [-0.39, 0.29) is 0 Å². The first-order valence-corrected chi connectivity index (χ1v) is 4.61. The fourth-order valence-corrected chi connectivity index (χ4v) is 1.57. The van der Waals surface area contributed by atoms with Gasteiger partial charge in [0.2, 0.25) is 6.08 Å². The summed E-state index contributed by atoms with van der Waals surface area (Å²) in [5.41, 5.74) is 1.02. The number of carbonyl (C=O) groups excluding carboxylic acids is 1. The molecule has 0 atom stereocenters. The van der Waals surface area contributed by atoms with Crippen LogP contribution in [-0.4, -0.2) is 25.8 Å². The fourth-order valence-electron chi connectivity index (χ4n) is 1.57. The van der Waals surface area contributed by atoms with Gasteiger partial charge in [-0.2, -0.15) is 0 Å². The van der Waals surface area contributed by atoms with Gasteiger partial charge in [-0.3, -0.25) is 0 Å². The lowest BCUT2D eigenvalue weighted by Crippen LogP contribution is -2.16. The molecular weight excluding hydrogens is 166 g/mol. The van der Waals surface area contributed by atoms with E-state index < -0.39 is 0 Å². The quantitative estimate of drug-likeness (QED) is 0.376. The molecule has 0 radical (unpaired) electrons. The summed E-state index contributed by atoms with van der Waals surface area (Å²) in [6, 6.07) is 0. The largest absolute Gasteiger partial charge is 0.381 e. The van der Waals surface area contributed by atoms with E-state index in [0.29, 0.717) is 12.5 Å². The third kappa shape index (κ3) is 4.02. The fraction of sp³-hybridized carbons (Fsp3) is 0.700. The second kappa shape index (κ2) is 5.68. The van der Waals surface area contributed by atoms with Crippen molar-refractivity contribution in [2.24, 2.45) is 10.9 Å². The topological polar surface area (TPSA) is 38.7 Å². The summed E-state index contributed by atoms with van der Waals surface area (Å²) >= 11 is 0. The van der Waals surface area contributed by atoms with Gasteiger partial charge in [-0.15, -0.1) is 0 Å². The van der Waals surface area contributed by atoms with Gasteiger partial charge in [0.15, 0.2) is 0 Å². The van der Waals surface area contributed by atoms with Gasteiger partial charge < -0.3 is 4.74 Å². The van der Waals surface area contributed by atoms with Gasteiger partial charge in [-0.05, 0) is 25.2 Å². The lowest BCUT2D eigenvalue weighted by molar-refractivity contribution is 0.0665. The molecule has 1 fully saturated rings. The van der Waals surface area contributed by atoms with Crippen LogP contribution in [0.3, 0.4) is 0 Å². The molecule has 13 heavy (non-hydrogen) atoms. The van der Waals surface area contributed by atoms with E-state index in [1.807, 2.05) is 0 Å². The van der Waals surface area contributed by atoms with Crippen molar-refractivity contribution in [2.45, 2.75) is 19.3 Å². The molecule has 1 heterocycles. The first kappa shape index (κ1) is 10.2. The average Bonchev–Trinajstić information content (AvgIpc) is 2.16. The van der Waals surface area contributed by atoms with Gasteiger partial charge in [0.05, 0.1) is 6.54 Å². The van der Waals surface area contributed by atoms with E-state index in [4.69, 9.17) is 4.74 Å². The second-order valence-electron chi connectivity index (χ2n) is 3.42. The molecule has 0 aromatic rings. The van der Waals surface area contributed by atoms with Gasteiger partial charge in [0.25, 0.3) is 0 Å². The van der Waals surface area contributed by atoms with Crippen LogP contribution in [0, 0.1) is 5.92 Å². The molecule has 0 amide bonds. The predicted molar refractivity (Wildman–Crippen MR) is 50.3 cm³/mol. The van der Waals surface area contributed by atoms with Crippen molar-refractivity contribution in [3.05, 3.63) is 12.2 Å². The SMILES string of the molecule is C=C(CN=C=O)CC1CCOCC1. The molecule has 0 aromatic carbocycles. The minimum absolute atomic E-state index is 0.431. The number of ether oxygens (including phenoxy) is 1. The first-order valence-electron chi connectivity index (χ1n) is 4.61. The first-order chi connectivity index (χ1) is 6.33. The third-order valence-corrected chi connectivity index (χ3v) is 2.29. The Kier molecular flexibility index (Phi) is 4.44. The highest BCUT2D eigenvalue weighted by molar-refractivity contribution is 5.33. The van der Waals surface area contributed by atoms with E-state index in [0.717, 1.165) is 38.0 Å². The molecule has 0 N–H and O–H groups in total. The maximum atomic E-state index is 9.85. The van der Waals surface area contributed by atoms with Crippen LogP contribution in [-0.2, 0) is 9.53 Å². The Morgan fingerprint density at radius 1 is 1.54 bits per heavy atom. The Labute approximate surface area is 78.5 Å². The molecule has 1 aliphatic rings. The summed E-state index contributed by atoms with van der Waals surface area (Å²) in [7, 11) is 0. The molecule has 1 rings (SSSR count). The summed E-state index contributed by atoms with van der Waals surface area (Å²) in [6.45, 7) is 6.02. The number of hydrogen-bond donors (Lipinski definition) is 0. The molecular formula is C10H15NO2. The number of isocyanates is 1. The number of hydrogen-bond acceptors (Lipinski definition) is 3. The van der Waals surface area contributed by atoms with Crippen molar-refractivity contribution in [1.82, 2.24) is 0 Å². The molecule has 72 valence electrons. The van der Waals surface area contributed by atoms with Crippen LogP contribution in [0.25, 0.3) is 0 Å². The van der Waals surface area contributed by atoms with Gasteiger partial charge >= 0.3 is 0 Å². The molecule has 3 nitrogen and oxygen atoms in total. The molecule has 0 aromatic heterocycles. The third-order valence-electron chi connectivity index (χ3n) is 2.29. The van der Waals surface area contributed by atoms with Gasteiger partial charge in [0, 0.05) is 13.2 Å². The van der Waals surface area contributed by atoms with E-state index in [2.05, 4.69) is 11.6 Å². The molecule has 0 aliphatic carbocycles. The summed E-state index contributed by atoms with van der Waals surface area (Å²) in [6.07, 6.45) is 4.69. The van der Waals surface area contributed by atoms with Gasteiger partial charge in [0.1, 0.15) is 0 Å². The van der Waals surface area contributed by atoms with Crippen LogP contribution >= 0.6 is 0 Å². The Hall–Kier alpha value is -0.920. The van der Waals surface area contributed by atoms with Crippen LogP contribution in [0.2, 0.25) is 0 Å². The van der Waals surface area contributed by atoms with Gasteiger partial charge in [-0.1, -0.05) is 12.2 Å². The number of aliphatic imine (C=N–C) groups is 1. The zero-order valence-corrected chi connectivity index (χ0v) is 7.79. The zero-order chi connectivity index (χ0) is 9.52. The Morgan fingerprint density at radius 3 is 2.85 bits per heavy atom. The standard InChI is InChI=1S/C10H15NO2/c1-9(7-11-8-12)6-10-2-4-13-5-3-10/h10H,1-7H2. The normalized spacial score (nSPS) is 17.8.